The lowest BCUT2D eigenvalue weighted by Gasteiger charge is -2.43. The Hall–Kier alpha value is -3.60. The molecule has 0 aliphatic heterocycles. The van der Waals surface area contributed by atoms with Gasteiger partial charge in [0.25, 0.3) is 0 Å². The van der Waals surface area contributed by atoms with E-state index < -0.39 is 11.2 Å². The molecule has 160 valence electrons. The SMILES string of the molecule is Cc1ccc(O)c(-c2cc(C3(O)c4ccccc4C(C)(O)c4ccccc43)ccc2O)c1. The molecule has 32 heavy (non-hydrogen) atoms. The van der Waals surface area contributed by atoms with E-state index in [0.717, 1.165) is 5.56 Å². The highest BCUT2D eigenvalue weighted by Crippen LogP contribution is 2.51. The highest BCUT2D eigenvalue weighted by Gasteiger charge is 2.47. The average molecular weight is 424 g/mol. The van der Waals surface area contributed by atoms with Crippen molar-refractivity contribution in [2.24, 2.45) is 0 Å². The van der Waals surface area contributed by atoms with Gasteiger partial charge < -0.3 is 20.4 Å². The molecule has 0 heterocycles. The number of hydrogen-bond donors (Lipinski definition) is 4. The van der Waals surface area contributed by atoms with Crippen LogP contribution in [0.5, 0.6) is 11.5 Å². The second-order valence-electron chi connectivity index (χ2n) is 8.63. The second kappa shape index (κ2) is 6.95. The number of aliphatic hydroxyl groups is 2. The maximum absolute atomic E-state index is 12.3. The minimum absolute atomic E-state index is 0.00243. The lowest BCUT2D eigenvalue weighted by atomic mass is 9.66. The van der Waals surface area contributed by atoms with Crippen molar-refractivity contribution in [1.82, 2.24) is 0 Å². The zero-order chi connectivity index (χ0) is 22.7. The third-order valence-electron chi connectivity index (χ3n) is 6.54. The lowest BCUT2D eigenvalue weighted by molar-refractivity contribution is 0.0615. The van der Waals surface area contributed by atoms with Gasteiger partial charge in [0.1, 0.15) is 22.7 Å². The molecule has 1 aliphatic rings. The zero-order valence-electron chi connectivity index (χ0n) is 17.9. The standard InChI is InChI=1S/C28H24O4/c1-17-11-13-25(29)19(15-17)20-16-18(12-14-26(20)30)28(32)23-9-5-3-7-21(23)27(2,31)22-8-4-6-10-24(22)28/h3-16,29-32H,1-2H3. The molecule has 0 unspecified atom stereocenters. The number of hydrogen-bond acceptors (Lipinski definition) is 4. The first-order valence-corrected chi connectivity index (χ1v) is 10.5. The molecule has 1 aliphatic carbocycles. The third kappa shape index (κ3) is 2.77. The van der Waals surface area contributed by atoms with Gasteiger partial charge in [-0.1, -0.05) is 66.2 Å². The van der Waals surface area contributed by atoms with E-state index in [0.29, 0.717) is 38.9 Å². The monoisotopic (exact) mass is 424 g/mol. The van der Waals surface area contributed by atoms with Crippen molar-refractivity contribution in [3.05, 3.63) is 118 Å². The van der Waals surface area contributed by atoms with Crippen molar-refractivity contribution in [3.8, 4) is 22.6 Å². The molecule has 4 aromatic rings. The van der Waals surface area contributed by atoms with E-state index in [1.165, 1.54) is 6.07 Å². The van der Waals surface area contributed by atoms with E-state index in [-0.39, 0.29) is 11.5 Å². The predicted octanol–water partition coefficient (Wildman–Crippen LogP) is 4.93. The molecular formula is C28H24O4. The van der Waals surface area contributed by atoms with Crippen LogP contribution in [0.1, 0.15) is 40.3 Å². The molecule has 0 spiro atoms. The van der Waals surface area contributed by atoms with E-state index in [1.807, 2.05) is 55.5 Å². The van der Waals surface area contributed by atoms with Crippen LogP contribution < -0.4 is 0 Å². The van der Waals surface area contributed by atoms with Gasteiger partial charge in [-0.05, 0) is 65.9 Å². The Morgan fingerprint density at radius 1 is 0.594 bits per heavy atom. The summed E-state index contributed by atoms with van der Waals surface area (Å²) in [6, 6.07) is 24.7. The topological polar surface area (TPSA) is 80.9 Å². The van der Waals surface area contributed by atoms with Crippen molar-refractivity contribution in [3.63, 3.8) is 0 Å². The molecule has 4 N–H and O–H groups in total. The van der Waals surface area contributed by atoms with Crippen LogP contribution in [-0.2, 0) is 11.2 Å². The first kappa shape index (κ1) is 20.3. The summed E-state index contributed by atoms with van der Waals surface area (Å²) >= 11 is 0. The van der Waals surface area contributed by atoms with Crippen molar-refractivity contribution in [2.45, 2.75) is 25.0 Å². The lowest BCUT2D eigenvalue weighted by Crippen LogP contribution is -2.42. The van der Waals surface area contributed by atoms with Gasteiger partial charge in [-0.15, -0.1) is 0 Å². The first-order chi connectivity index (χ1) is 15.2. The van der Waals surface area contributed by atoms with E-state index in [4.69, 9.17) is 0 Å². The molecule has 5 rings (SSSR count). The molecule has 4 aromatic carbocycles. The van der Waals surface area contributed by atoms with E-state index in [1.54, 1.807) is 37.3 Å². The number of rotatable bonds is 2. The Labute approximate surface area is 186 Å². The molecule has 0 atom stereocenters. The molecule has 0 saturated heterocycles. The van der Waals surface area contributed by atoms with Crippen LogP contribution in [0.4, 0.5) is 0 Å². The van der Waals surface area contributed by atoms with Crippen LogP contribution in [0.2, 0.25) is 0 Å². The third-order valence-corrected chi connectivity index (χ3v) is 6.54. The van der Waals surface area contributed by atoms with Gasteiger partial charge in [0.2, 0.25) is 0 Å². The van der Waals surface area contributed by atoms with Gasteiger partial charge in [-0.25, -0.2) is 0 Å². The van der Waals surface area contributed by atoms with Crippen molar-refractivity contribution < 1.29 is 20.4 Å². The van der Waals surface area contributed by atoms with E-state index in [2.05, 4.69) is 0 Å². The molecular weight excluding hydrogens is 400 g/mol. The summed E-state index contributed by atoms with van der Waals surface area (Å²) in [7, 11) is 0. The highest BCUT2D eigenvalue weighted by molar-refractivity contribution is 5.77. The Morgan fingerprint density at radius 2 is 1.06 bits per heavy atom. The predicted molar refractivity (Wildman–Crippen MR) is 124 cm³/mol. The summed E-state index contributed by atoms with van der Waals surface area (Å²) in [5.41, 5.74) is 1.94. The van der Waals surface area contributed by atoms with Crippen LogP contribution >= 0.6 is 0 Å². The fraction of sp³-hybridized carbons (Fsp3) is 0.143. The number of phenols is 2. The number of fused-ring (bicyclic) bond motifs is 2. The quantitative estimate of drug-likeness (QED) is 0.368. The molecule has 0 amide bonds. The summed E-state index contributed by atoms with van der Waals surface area (Å²) in [5.74, 6) is 0.0463. The zero-order valence-corrected chi connectivity index (χ0v) is 17.9. The Bertz CT molecular complexity index is 1300. The number of phenolic OH excluding ortho intramolecular Hbond substituents is 2. The second-order valence-corrected chi connectivity index (χ2v) is 8.63. The van der Waals surface area contributed by atoms with E-state index in [9.17, 15) is 20.4 Å². The van der Waals surface area contributed by atoms with Gasteiger partial charge in [0.05, 0.1) is 0 Å². The van der Waals surface area contributed by atoms with Gasteiger partial charge in [-0.3, -0.25) is 0 Å². The molecule has 4 nitrogen and oxygen atoms in total. The van der Waals surface area contributed by atoms with Gasteiger partial charge in [0, 0.05) is 11.1 Å². The average Bonchev–Trinajstić information content (AvgIpc) is 2.80. The molecule has 0 bridgehead atoms. The maximum atomic E-state index is 12.3. The van der Waals surface area contributed by atoms with Gasteiger partial charge in [-0.2, -0.15) is 0 Å². The largest absolute Gasteiger partial charge is 0.507 e. The minimum Gasteiger partial charge on any atom is -0.507 e. The van der Waals surface area contributed by atoms with Crippen molar-refractivity contribution in [1.29, 1.82) is 0 Å². The summed E-state index contributed by atoms with van der Waals surface area (Å²) in [6.45, 7) is 3.64. The molecule has 0 aromatic heterocycles. The Kier molecular flexibility index (Phi) is 4.41. The smallest absolute Gasteiger partial charge is 0.141 e. The number of aryl methyl sites for hydroxylation is 1. The number of aromatic hydroxyl groups is 2. The summed E-state index contributed by atoms with van der Waals surface area (Å²) in [6.07, 6.45) is 0. The molecule has 0 radical (unpaired) electrons. The van der Waals surface area contributed by atoms with Crippen LogP contribution in [0.25, 0.3) is 11.1 Å². The Balaban J connectivity index is 1.82. The van der Waals surface area contributed by atoms with Crippen molar-refractivity contribution in [2.75, 3.05) is 0 Å². The summed E-state index contributed by atoms with van der Waals surface area (Å²) < 4.78 is 0. The first-order valence-electron chi connectivity index (χ1n) is 10.5. The van der Waals surface area contributed by atoms with Crippen LogP contribution in [0.15, 0.2) is 84.9 Å². The molecule has 0 fully saturated rings. The maximum Gasteiger partial charge on any atom is 0.141 e. The van der Waals surface area contributed by atoms with Crippen LogP contribution in [0, 0.1) is 6.92 Å². The highest BCUT2D eigenvalue weighted by atomic mass is 16.3. The van der Waals surface area contributed by atoms with Crippen LogP contribution in [-0.4, -0.2) is 20.4 Å². The van der Waals surface area contributed by atoms with Gasteiger partial charge >= 0.3 is 0 Å². The fourth-order valence-electron chi connectivity index (χ4n) is 4.89. The fourth-order valence-corrected chi connectivity index (χ4v) is 4.89. The normalized spacial score (nSPS) is 21.6. The number of benzene rings is 4. The van der Waals surface area contributed by atoms with Crippen molar-refractivity contribution >= 4 is 0 Å². The Morgan fingerprint density at radius 3 is 1.62 bits per heavy atom. The minimum atomic E-state index is -1.56. The van der Waals surface area contributed by atoms with Gasteiger partial charge in [0.15, 0.2) is 0 Å². The molecule has 0 saturated carbocycles. The summed E-state index contributed by atoms with van der Waals surface area (Å²) in [5, 5.41) is 44.8. The van der Waals surface area contributed by atoms with E-state index >= 15 is 0 Å². The van der Waals surface area contributed by atoms with Crippen LogP contribution in [0.3, 0.4) is 0 Å². The molecule has 4 heteroatoms. The summed E-state index contributed by atoms with van der Waals surface area (Å²) in [4.78, 5) is 0.